The molecular formula is C11H7NOS. The maximum atomic E-state index is 9.58. The van der Waals surface area contributed by atoms with Crippen molar-refractivity contribution in [1.82, 2.24) is 0 Å². The Kier molecular flexibility index (Phi) is 2.27. The summed E-state index contributed by atoms with van der Waals surface area (Å²) in [5.74, 6) is 0.254. The molecule has 0 aliphatic carbocycles. The number of rotatable bonds is 1. The average Bonchev–Trinajstić information content (AvgIpc) is 2.23. The van der Waals surface area contributed by atoms with Gasteiger partial charge < -0.3 is 5.11 Å². The van der Waals surface area contributed by atoms with E-state index in [2.05, 4.69) is 22.4 Å². The lowest BCUT2D eigenvalue weighted by atomic mass is 10.1. The molecule has 0 spiro atoms. The lowest BCUT2D eigenvalue weighted by Gasteiger charge is -2.02. The van der Waals surface area contributed by atoms with Gasteiger partial charge in [-0.25, -0.2) is 0 Å². The average molecular weight is 201 g/mol. The number of aromatic hydroxyl groups is 1. The smallest absolute Gasteiger partial charge is 0.123 e. The van der Waals surface area contributed by atoms with Gasteiger partial charge in [0.25, 0.3) is 0 Å². The number of nitrogens with zero attached hydrogens (tertiary/aromatic N) is 1. The molecule has 0 aliphatic rings. The molecule has 2 aromatic rings. The molecule has 14 heavy (non-hydrogen) atoms. The van der Waals surface area contributed by atoms with Crippen molar-refractivity contribution in [2.75, 3.05) is 0 Å². The Morgan fingerprint density at radius 3 is 2.50 bits per heavy atom. The highest BCUT2D eigenvalue weighted by Crippen LogP contribution is 2.31. The first-order chi connectivity index (χ1) is 6.83. The van der Waals surface area contributed by atoms with Crippen LogP contribution in [0.2, 0.25) is 0 Å². The highest BCUT2D eigenvalue weighted by molar-refractivity contribution is 7.78. The topological polar surface area (TPSA) is 32.6 Å². The molecule has 0 bridgehead atoms. The lowest BCUT2D eigenvalue weighted by molar-refractivity contribution is 0.481. The van der Waals surface area contributed by atoms with Crippen molar-refractivity contribution in [3.8, 4) is 5.75 Å². The molecule has 0 aliphatic heterocycles. The molecule has 0 radical (unpaired) electrons. The first-order valence-electron chi connectivity index (χ1n) is 4.11. The number of benzene rings is 2. The summed E-state index contributed by atoms with van der Waals surface area (Å²) in [6.45, 7) is 0. The largest absolute Gasteiger partial charge is 0.507 e. The normalized spacial score (nSPS) is 9.71. The second kappa shape index (κ2) is 3.58. The molecule has 0 saturated heterocycles. The van der Waals surface area contributed by atoms with Crippen molar-refractivity contribution in [2.24, 2.45) is 4.99 Å². The molecule has 0 heterocycles. The Labute approximate surface area is 86.5 Å². The summed E-state index contributed by atoms with van der Waals surface area (Å²) in [6, 6.07) is 10.8. The van der Waals surface area contributed by atoms with E-state index in [1.165, 1.54) is 0 Å². The maximum absolute atomic E-state index is 9.58. The van der Waals surface area contributed by atoms with Crippen LogP contribution in [-0.2, 0) is 0 Å². The highest BCUT2D eigenvalue weighted by atomic mass is 32.1. The fourth-order valence-corrected chi connectivity index (χ4v) is 1.51. The number of phenols is 1. The Morgan fingerprint density at radius 1 is 1.07 bits per heavy atom. The minimum absolute atomic E-state index is 0.254. The Hall–Kier alpha value is -1.70. The molecule has 3 heteroatoms. The lowest BCUT2D eigenvalue weighted by Crippen LogP contribution is -1.74. The van der Waals surface area contributed by atoms with Gasteiger partial charge in [-0.15, -0.1) is 0 Å². The second-order valence-corrected chi connectivity index (χ2v) is 3.04. The molecular weight excluding hydrogens is 194 g/mol. The van der Waals surface area contributed by atoms with E-state index in [9.17, 15) is 5.11 Å². The van der Waals surface area contributed by atoms with Crippen LogP contribution < -0.4 is 0 Å². The van der Waals surface area contributed by atoms with Gasteiger partial charge in [-0.1, -0.05) is 24.3 Å². The highest BCUT2D eigenvalue weighted by Gasteiger charge is 2.02. The van der Waals surface area contributed by atoms with Crippen molar-refractivity contribution in [3.05, 3.63) is 36.4 Å². The van der Waals surface area contributed by atoms with Gasteiger partial charge in [0.15, 0.2) is 0 Å². The van der Waals surface area contributed by atoms with Crippen molar-refractivity contribution < 1.29 is 5.11 Å². The van der Waals surface area contributed by atoms with E-state index in [1.54, 1.807) is 12.1 Å². The number of thiocarbonyl (C=S) groups is 1. The predicted octanol–water partition coefficient (Wildman–Crippen LogP) is 3.28. The molecule has 0 saturated carbocycles. The summed E-state index contributed by atoms with van der Waals surface area (Å²) in [7, 11) is 0. The van der Waals surface area contributed by atoms with Crippen molar-refractivity contribution in [2.45, 2.75) is 0 Å². The first kappa shape index (κ1) is 8.88. The number of isothiocyanates is 1. The molecule has 0 aromatic heterocycles. The minimum atomic E-state index is 0.254. The summed E-state index contributed by atoms with van der Waals surface area (Å²) in [4.78, 5) is 3.93. The first-order valence-corrected chi connectivity index (χ1v) is 4.52. The van der Waals surface area contributed by atoms with Gasteiger partial charge in [-0.2, -0.15) is 4.99 Å². The second-order valence-electron chi connectivity index (χ2n) is 2.85. The Bertz CT molecular complexity index is 530. The van der Waals surface area contributed by atoms with Crippen molar-refractivity contribution >= 4 is 33.8 Å². The van der Waals surface area contributed by atoms with Gasteiger partial charge in [0, 0.05) is 10.8 Å². The number of hydrogen-bond donors (Lipinski definition) is 1. The molecule has 1 N–H and O–H groups in total. The van der Waals surface area contributed by atoms with E-state index in [-0.39, 0.29) is 5.75 Å². The van der Waals surface area contributed by atoms with E-state index < -0.39 is 0 Å². The van der Waals surface area contributed by atoms with Crippen LogP contribution in [0.3, 0.4) is 0 Å². The van der Waals surface area contributed by atoms with E-state index in [4.69, 9.17) is 0 Å². The molecule has 0 unspecified atom stereocenters. The number of phenolic OH excluding ortho intramolecular Hbond substituents is 1. The standard InChI is InChI=1S/C11H7NOS/c13-11-6-5-10(12-7-14)8-3-1-2-4-9(8)11/h1-6,13H. The van der Waals surface area contributed by atoms with E-state index >= 15 is 0 Å². The number of aliphatic imine (C=N–C) groups is 1. The van der Waals surface area contributed by atoms with Crippen LogP contribution in [0.5, 0.6) is 5.75 Å². The van der Waals surface area contributed by atoms with Crippen LogP contribution in [0.15, 0.2) is 41.4 Å². The summed E-state index contributed by atoms with van der Waals surface area (Å²) >= 11 is 4.55. The monoisotopic (exact) mass is 201 g/mol. The van der Waals surface area contributed by atoms with Crippen LogP contribution in [-0.4, -0.2) is 10.3 Å². The molecule has 2 aromatic carbocycles. The van der Waals surface area contributed by atoms with Gasteiger partial charge in [0.2, 0.25) is 0 Å². The van der Waals surface area contributed by atoms with E-state index in [1.807, 2.05) is 24.3 Å². The zero-order valence-corrected chi connectivity index (χ0v) is 8.08. The third-order valence-electron chi connectivity index (χ3n) is 2.04. The summed E-state index contributed by atoms with van der Waals surface area (Å²) in [5, 5.41) is 13.6. The van der Waals surface area contributed by atoms with Crippen LogP contribution in [0, 0.1) is 0 Å². The van der Waals surface area contributed by atoms with Gasteiger partial charge in [-0.3, -0.25) is 0 Å². The predicted molar refractivity (Wildman–Crippen MR) is 60.3 cm³/mol. The molecule has 0 fully saturated rings. The quantitative estimate of drug-likeness (QED) is 0.567. The van der Waals surface area contributed by atoms with E-state index in [0.717, 1.165) is 16.5 Å². The van der Waals surface area contributed by atoms with Crippen LogP contribution in [0.4, 0.5) is 5.69 Å². The zero-order chi connectivity index (χ0) is 9.97. The molecule has 0 atom stereocenters. The Morgan fingerprint density at radius 2 is 1.79 bits per heavy atom. The van der Waals surface area contributed by atoms with Gasteiger partial charge >= 0.3 is 0 Å². The third kappa shape index (κ3) is 1.39. The molecule has 2 rings (SSSR count). The van der Waals surface area contributed by atoms with Crippen LogP contribution >= 0.6 is 12.2 Å². The van der Waals surface area contributed by atoms with E-state index in [0.29, 0.717) is 0 Å². The van der Waals surface area contributed by atoms with Crippen molar-refractivity contribution in [3.63, 3.8) is 0 Å². The third-order valence-corrected chi connectivity index (χ3v) is 2.14. The van der Waals surface area contributed by atoms with Gasteiger partial charge in [-0.05, 0) is 24.4 Å². The van der Waals surface area contributed by atoms with Gasteiger partial charge in [0.1, 0.15) is 5.75 Å². The summed E-state index contributed by atoms with van der Waals surface area (Å²) < 4.78 is 0. The summed E-state index contributed by atoms with van der Waals surface area (Å²) in [6.07, 6.45) is 0. The fraction of sp³-hybridized carbons (Fsp3) is 0. The fourth-order valence-electron chi connectivity index (χ4n) is 1.41. The molecule has 68 valence electrons. The number of fused-ring (bicyclic) bond motifs is 1. The minimum Gasteiger partial charge on any atom is -0.507 e. The molecule has 0 amide bonds. The Balaban J connectivity index is 2.88. The van der Waals surface area contributed by atoms with Crippen LogP contribution in [0.25, 0.3) is 10.8 Å². The maximum Gasteiger partial charge on any atom is 0.123 e. The van der Waals surface area contributed by atoms with Crippen LogP contribution in [0.1, 0.15) is 0 Å². The van der Waals surface area contributed by atoms with Gasteiger partial charge in [0.05, 0.1) is 10.8 Å². The number of hydrogen-bond acceptors (Lipinski definition) is 3. The SMILES string of the molecule is Oc1ccc(N=C=S)c2ccccc12. The molecule has 2 nitrogen and oxygen atoms in total. The van der Waals surface area contributed by atoms with Crippen molar-refractivity contribution in [1.29, 1.82) is 0 Å². The summed E-state index contributed by atoms with van der Waals surface area (Å²) in [5.41, 5.74) is 0.730. The zero-order valence-electron chi connectivity index (χ0n) is 7.27.